The van der Waals surface area contributed by atoms with Crippen molar-refractivity contribution < 1.29 is 12.8 Å². The van der Waals surface area contributed by atoms with Crippen molar-refractivity contribution in [3.8, 4) is 11.1 Å². The maximum absolute atomic E-state index is 12.9. The Morgan fingerprint density at radius 2 is 1.59 bits per heavy atom. The molecule has 29 heavy (non-hydrogen) atoms. The van der Waals surface area contributed by atoms with E-state index in [0.29, 0.717) is 32.8 Å². The number of fused-ring (bicyclic) bond motifs is 1. The minimum absolute atomic E-state index is 0.0649. The highest BCUT2D eigenvalue weighted by atomic mass is 35.5. The predicted molar refractivity (Wildman–Crippen MR) is 115 cm³/mol. The van der Waals surface area contributed by atoms with Crippen LogP contribution in [-0.2, 0) is 10.0 Å². The molecule has 0 spiro atoms. The Hall–Kier alpha value is -3.09. The van der Waals surface area contributed by atoms with E-state index in [4.69, 9.17) is 21.8 Å². The van der Waals surface area contributed by atoms with Gasteiger partial charge in [0.15, 0.2) is 0 Å². The molecule has 0 radical (unpaired) electrons. The Morgan fingerprint density at radius 3 is 2.31 bits per heavy atom. The molecule has 0 unspecified atom stereocenters. The third-order valence-electron chi connectivity index (χ3n) is 4.53. The largest absolute Gasteiger partial charge is 0.437 e. The van der Waals surface area contributed by atoms with Gasteiger partial charge in [0.25, 0.3) is 10.0 Å². The van der Waals surface area contributed by atoms with E-state index < -0.39 is 10.0 Å². The Labute approximate surface area is 173 Å². The molecule has 7 heteroatoms. The van der Waals surface area contributed by atoms with Crippen LogP contribution in [0.4, 0.5) is 5.69 Å². The zero-order chi connectivity index (χ0) is 20.6. The standard InChI is InChI=1S/C22H17ClN2O3S/c1-14-10-12-15(13-11-14)29(26,27)25-22-20(16-6-2-4-8-18(16)23)21(24)17-7-3-5-9-19(17)28-22/h2-13H,24H2,1H3. The summed E-state index contributed by atoms with van der Waals surface area (Å²) in [4.78, 5) is 0.0649. The van der Waals surface area contributed by atoms with E-state index in [0.717, 1.165) is 5.56 Å². The molecule has 5 nitrogen and oxygen atoms in total. The smallest absolute Gasteiger partial charge is 0.285 e. The second-order valence-electron chi connectivity index (χ2n) is 6.55. The highest BCUT2D eigenvalue weighted by Crippen LogP contribution is 2.33. The molecule has 3 aromatic carbocycles. The van der Waals surface area contributed by atoms with E-state index in [1.807, 2.05) is 13.0 Å². The van der Waals surface area contributed by atoms with Gasteiger partial charge in [0.1, 0.15) is 5.58 Å². The second kappa shape index (κ2) is 7.39. The van der Waals surface area contributed by atoms with Crippen molar-refractivity contribution in [2.75, 3.05) is 5.73 Å². The van der Waals surface area contributed by atoms with Crippen molar-refractivity contribution in [1.82, 2.24) is 0 Å². The third-order valence-corrected chi connectivity index (χ3v) is 6.14. The molecule has 146 valence electrons. The van der Waals surface area contributed by atoms with Crippen molar-refractivity contribution in [2.24, 2.45) is 4.40 Å². The number of hydrogen-bond acceptors (Lipinski definition) is 4. The first-order valence-electron chi connectivity index (χ1n) is 8.81. The lowest BCUT2D eigenvalue weighted by Gasteiger charge is -2.11. The van der Waals surface area contributed by atoms with Gasteiger partial charge in [-0.2, -0.15) is 8.42 Å². The number of sulfonamides is 1. The molecule has 0 amide bonds. The fraction of sp³-hybridized carbons (Fsp3) is 0.0455. The van der Waals surface area contributed by atoms with Gasteiger partial charge < -0.3 is 10.2 Å². The van der Waals surface area contributed by atoms with E-state index in [2.05, 4.69) is 4.40 Å². The van der Waals surface area contributed by atoms with E-state index >= 15 is 0 Å². The summed E-state index contributed by atoms with van der Waals surface area (Å²) in [6, 6.07) is 20.6. The monoisotopic (exact) mass is 424 g/mol. The number of para-hydroxylation sites is 1. The number of aryl methyl sites for hydroxylation is 1. The highest BCUT2D eigenvalue weighted by molar-refractivity contribution is 7.90. The molecule has 0 aliphatic carbocycles. The van der Waals surface area contributed by atoms with Crippen LogP contribution in [0.5, 0.6) is 0 Å². The molecule has 4 aromatic rings. The van der Waals surface area contributed by atoms with Gasteiger partial charge in [-0.15, -0.1) is 4.40 Å². The lowest BCUT2D eigenvalue weighted by atomic mass is 10.0. The predicted octanol–water partition coefficient (Wildman–Crippen LogP) is 4.93. The Morgan fingerprint density at radius 1 is 0.931 bits per heavy atom. The van der Waals surface area contributed by atoms with Crippen LogP contribution in [0.2, 0.25) is 5.02 Å². The molecule has 0 fully saturated rings. The molecule has 0 saturated carbocycles. The number of halogens is 1. The normalized spacial score (nSPS) is 12.4. The SMILES string of the molecule is Cc1ccc(S(=O)(=O)N=c2oc3ccccc3c(N)c2-c2ccccc2Cl)cc1. The van der Waals surface area contributed by atoms with E-state index in [1.165, 1.54) is 12.1 Å². The lowest BCUT2D eigenvalue weighted by Crippen LogP contribution is -2.13. The van der Waals surface area contributed by atoms with Gasteiger partial charge in [0.05, 0.1) is 16.1 Å². The Balaban J connectivity index is 2.08. The van der Waals surface area contributed by atoms with Gasteiger partial charge >= 0.3 is 0 Å². The van der Waals surface area contributed by atoms with Gasteiger partial charge in [-0.25, -0.2) is 0 Å². The maximum Gasteiger partial charge on any atom is 0.285 e. The van der Waals surface area contributed by atoms with Crippen LogP contribution in [0, 0.1) is 6.92 Å². The molecular weight excluding hydrogens is 408 g/mol. The average Bonchev–Trinajstić information content (AvgIpc) is 2.69. The van der Waals surface area contributed by atoms with Gasteiger partial charge in [-0.3, -0.25) is 0 Å². The zero-order valence-electron chi connectivity index (χ0n) is 15.5. The topological polar surface area (TPSA) is 85.7 Å². The number of anilines is 1. The first-order chi connectivity index (χ1) is 13.9. The Kier molecular flexibility index (Phi) is 4.90. The van der Waals surface area contributed by atoms with Crippen LogP contribution >= 0.6 is 11.6 Å². The zero-order valence-corrected chi connectivity index (χ0v) is 17.0. The van der Waals surface area contributed by atoms with Gasteiger partial charge in [-0.1, -0.05) is 59.6 Å². The average molecular weight is 425 g/mol. The van der Waals surface area contributed by atoms with Crippen LogP contribution in [0.1, 0.15) is 5.56 Å². The first-order valence-corrected chi connectivity index (χ1v) is 10.6. The molecule has 0 aliphatic heterocycles. The summed E-state index contributed by atoms with van der Waals surface area (Å²) in [5, 5.41) is 1.06. The number of benzene rings is 3. The van der Waals surface area contributed by atoms with Crippen molar-refractivity contribution in [3.05, 3.63) is 88.9 Å². The molecule has 1 heterocycles. The van der Waals surface area contributed by atoms with Crippen molar-refractivity contribution >= 4 is 38.3 Å². The van der Waals surface area contributed by atoms with Gasteiger partial charge in [0, 0.05) is 16.0 Å². The van der Waals surface area contributed by atoms with Crippen LogP contribution in [0.3, 0.4) is 0 Å². The quantitative estimate of drug-likeness (QED) is 0.505. The highest BCUT2D eigenvalue weighted by Gasteiger charge is 2.19. The summed E-state index contributed by atoms with van der Waals surface area (Å²) in [5.74, 6) is 0. The molecule has 4 rings (SSSR count). The van der Waals surface area contributed by atoms with Gasteiger partial charge in [-0.05, 0) is 37.3 Å². The summed E-state index contributed by atoms with van der Waals surface area (Å²) in [6.45, 7) is 1.88. The number of rotatable bonds is 3. The van der Waals surface area contributed by atoms with E-state index in [1.54, 1.807) is 54.6 Å². The molecule has 0 atom stereocenters. The molecule has 2 N–H and O–H groups in total. The minimum Gasteiger partial charge on any atom is -0.437 e. The molecule has 1 aromatic heterocycles. The molecular formula is C22H17ClN2O3S. The Bertz CT molecular complexity index is 1390. The van der Waals surface area contributed by atoms with Crippen LogP contribution < -0.4 is 11.3 Å². The van der Waals surface area contributed by atoms with Gasteiger partial charge in [0.2, 0.25) is 5.55 Å². The first kappa shape index (κ1) is 19.2. The summed E-state index contributed by atoms with van der Waals surface area (Å²) in [5.41, 5.74) is 8.91. The second-order valence-corrected chi connectivity index (χ2v) is 8.56. The molecule has 0 bridgehead atoms. The number of nitrogens with two attached hydrogens (primary N) is 1. The summed E-state index contributed by atoms with van der Waals surface area (Å²) < 4.78 is 35.7. The number of nitrogen functional groups attached to an aromatic ring is 1. The molecule has 0 aliphatic rings. The van der Waals surface area contributed by atoms with E-state index in [9.17, 15) is 8.42 Å². The fourth-order valence-electron chi connectivity index (χ4n) is 3.04. The van der Waals surface area contributed by atoms with Crippen molar-refractivity contribution in [1.29, 1.82) is 0 Å². The molecule has 0 saturated heterocycles. The van der Waals surface area contributed by atoms with Crippen molar-refractivity contribution in [3.63, 3.8) is 0 Å². The van der Waals surface area contributed by atoms with Crippen LogP contribution in [-0.4, -0.2) is 8.42 Å². The summed E-state index contributed by atoms with van der Waals surface area (Å²) in [6.07, 6.45) is 0. The minimum atomic E-state index is -4.03. The van der Waals surface area contributed by atoms with E-state index in [-0.39, 0.29) is 10.4 Å². The van der Waals surface area contributed by atoms with Crippen molar-refractivity contribution in [2.45, 2.75) is 11.8 Å². The van der Waals surface area contributed by atoms with Crippen LogP contribution in [0.25, 0.3) is 22.1 Å². The summed E-state index contributed by atoms with van der Waals surface area (Å²) >= 11 is 6.37. The summed E-state index contributed by atoms with van der Waals surface area (Å²) in [7, 11) is -4.03. The maximum atomic E-state index is 12.9. The van der Waals surface area contributed by atoms with Crippen LogP contribution in [0.15, 0.2) is 86.5 Å². The lowest BCUT2D eigenvalue weighted by molar-refractivity contribution is 0.543. The number of nitrogens with zero attached hydrogens (tertiary/aromatic N) is 1. The third kappa shape index (κ3) is 3.64. The fourth-order valence-corrected chi connectivity index (χ4v) is 4.21. The number of hydrogen-bond donors (Lipinski definition) is 1.